The highest BCUT2D eigenvalue weighted by atomic mass is 16.5. The maximum Gasteiger partial charge on any atom is 0.315 e. The summed E-state index contributed by atoms with van der Waals surface area (Å²) >= 11 is 0. The quantitative estimate of drug-likeness (QED) is 0.774. The summed E-state index contributed by atoms with van der Waals surface area (Å²) < 4.78 is 11.3. The number of para-hydroxylation sites is 1. The molecule has 23 heavy (non-hydrogen) atoms. The Hall–Kier alpha value is -1.79. The number of hydrogen-bond acceptors (Lipinski definition) is 4. The molecule has 0 radical (unpaired) electrons. The predicted octanol–water partition coefficient (Wildman–Crippen LogP) is 1.23. The van der Waals surface area contributed by atoms with Crippen molar-refractivity contribution in [2.75, 3.05) is 39.4 Å². The number of morpholine rings is 1. The number of amides is 2. The van der Waals surface area contributed by atoms with Crippen LogP contribution in [0.1, 0.15) is 12.8 Å². The summed E-state index contributed by atoms with van der Waals surface area (Å²) in [6.07, 6.45) is 2.59. The van der Waals surface area contributed by atoms with Gasteiger partial charge in [0.1, 0.15) is 12.4 Å². The zero-order chi connectivity index (χ0) is 15.9. The minimum absolute atomic E-state index is 0.0932. The number of benzene rings is 1. The second-order valence-electron chi connectivity index (χ2n) is 6.04. The zero-order valence-electron chi connectivity index (χ0n) is 13.4. The third-order valence-electron chi connectivity index (χ3n) is 4.35. The second kappa shape index (κ2) is 8.17. The van der Waals surface area contributed by atoms with E-state index in [-0.39, 0.29) is 12.1 Å². The van der Waals surface area contributed by atoms with Gasteiger partial charge in [0.15, 0.2) is 0 Å². The molecule has 126 valence electrons. The van der Waals surface area contributed by atoms with E-state index >= 15 is 0 Å². The Kier molecular flexibility index (Phi) is 5.71. The molecule has 3 rings (SSSR count). The molecule has 2 amide bonds. The molecule has 2 atom stereocenters. The van der Waals surface area contributed by atoms with Crippen LogP contribution in [0.15, 0.2) is 30.3 Å². The topological polar surface area (TPSA) is 62.8 Å². The first-order valence-corrected chi connectivity index (χ1v) is 8.36. The summed E-state index contributed by atoms with van der Waals surface area (Å²) in [5.41, 5.74) is 0. The monoisotopic (exact) mass is 319 g/mol. The van der Waals surface area contributed by atoms with Crippen LogP contribution in [-0.2, 0) is 4.74 Å². The fourth-order valence-corrected chi connectivity index (χ4v) is 3.13. The predicted molar refractivity (Wildman–Crippen MR) is 87.7 cm³/mol. The van der Waals surface area contributed by atoms with Crippen LogP contribution in [0.4, 0.5) is 4.79 Å². The van der Waals surface area contributed by atoms with Gasteiger partial charge in [0.2, 0.25) is 0 Å². The van der Waals surface area contributed by atoms with Crippen LogP contribution in [0.25, 0.3) is 0 Å². The lowest BCUT2D eigenvalue weighted by atomic mass is 10.2. The van der Waals surface area contributed by atoms with E-state index in [1.165, 1.54) is 12.8 Å². The Morgan fingerprint density at radius 3 is 3.04 bits per heavy atom. The van der Waals surface area contributed by atoms with Gasteiger partial charge < -0.3 is 20.1 Å². The van der Waals surface area contributed by atoms with Gasteiger partial charge >= 0.3 is 6.03 Å². The number of ether oxygens (including phenoxy) is 2. The first-order valence-electron chi connectivity index (χ1n) is 8.36. The maximum atomic E-state index is 11.8. The van der Waals surface area contributed by atoms with Crippen LogP contribution in [-0.4, -0.2) is 62.5 Å². The smallest absolute Gasteiger partial charge is 0.315 e. The molecule has 0 aromatic heterocycles. The number of urea groups is 1. The van der Waals surface area contributed by atoms with Crippen molar-refractivity contribution in [1.82, 2.24) is 15.5 Å². The van der Waals surface area contributed by atoms with Gasteiger partial charge in [0, 0.05) is 19.1 Å². The molecule has 2 N–H and O–H groups in total. The molecular weight excluding hydrogens is 294 g/mol. The van der Waals surface area contributed by atoms with E-state index in [0.29, 0.717) is 25.7 Å². The Morgan fingerprint density at radius 2 is 2.17 bits per heavy atom. The summed E-state index contributed by atoms with van der Waals surface area (Å²) in [4.78, 5) is 14.3. The van der Waals surface area contributed by atoms with E-state index in [1.54, 1.807) is 0 Å². The molecule has 2 heterocycles. The average molecular weight is 319 g/mol. The molecule has 2 aliphatic heterocycles. The van der Waals surface area contributed by atoms with Crippen LogP contribution in [0, 0.1) is 0 Å². The zero-order valence-corrected chi connectivity index (χ0v) is 13.4. The molecule has 2 fully saturated rings. The second-order valence-corrected chi connectivity index (χ2v) is 6.04. The maximum absolute atomic E-state index is 11.8. The number of nitrogens with zero attached hydrogens (tertiary/aromatic N) is 1. The van der Waals surface area contributed by atoms with E-state index < -0.39 is 0 Å². The van der Waals surface area contributed by atoms with Gasteiger partial charge in [-0.1, -0.05) is 18.2 Å². The lowest BCUT2D eigenvalue weighted by Crippen LogP contribution is -2.51. The number of fused-ring (bicyclic) bond motifs is 1. The fourth-order valence-electron chi connectivity index (χ4n) is 3.13. The Bertz CT molecular complexity index is 497. The lowest BCUT2D eigenvalue weighted by molar-refractivity contribution is -0.0457. The van der Waals surface area contributed by atoms with E-state index in [1.807, 2.05) is 30.3 Å². The van der Waals surface area contributed by atoms with Crippen LogP contribution < -0.4 is 15.4 Å². The fraction of sp³-hybridized carbons (Fsp3) is 0.588. The Labute approximate surface area is 137 Å². The highest BCUT2D eigenvalue weighted by molar-refractivity contribution is 5.73. The average Bonchev–Trinajstić information content (AvgIpc) is 3.05. The van der Waals surface area contributed by atoms with Crippen molar-refractivity contribution < 1.29 is 14.3 Å². The lowest BCUT2D eigenvalue weighted by Gasteiger charge is -2.35. The summed E-state index contributed by atoms with van der Waals surface area (Å²) in [5, 5.41) is 5.67. The highest BCUT2D eigenvalue weighted by Crippen LogP contribution is 2.22. The number of rotatable bonds is 6. The van der Waals surface area contributed by atoms with Gasteiger partial charge in [-0.05, 0) is 31.5 Å². The Morgan fingerprint density at radius 1 is 1.30 bits per heavy atom. The minimum atomic E-state index is -0.172. The van der Waals surface area contributed by atoms with E-state index in [9.17, 15) is 4.79 Å². The van der Waals surface area contributed by atoms with E-state index in [2.05, 4.69) is 15.5 Å². The molecule has 0 bridgehead atoms. The van der Waals surface area contributed by atoms with Crippen LogP contribution >= 0.6 is 0 Å². The standard InChI is InChI=1S/C17H25N3O3/c21-17(18-8-10-22-15-6-2-1-3-7-15)19-11-16-12-20-9-4-5-14(20)13-23-16/h1-3,6-7,14,16H,4-5,8-13H2,(H2,18,19,21)/t14-,16+/m1/s1. The molecule has 1 aromatic rings. The van der Waals surface area contributed by atoms with Crippen molar-refractivity contribution in [3.63, 3.8) is 0 Å². The third-order valence-corrected chi connectivity index (χ3v) is 4.35. The van der Waals surface area contributed by atoms with Crippen LogP contribution in [0.2, 0.25) is 0 Å². The SMILES string of the molecule is O=C(NCCOc1ccccc1)NC[C@H]1CN2CCC[C@@H]2CO1. The minimum Gasteiger partial charge on any atom is -0.492 e. The third kappa shape index (κ3) is 4.84. The Balaban J connectivity index is 1.26. The molecule has 1 aromatic carbocycles. The number of hydrogen-bond donors (Lipinski definition) is 2. The summed E-state index contributed by atoms with van der Waals surface area (Å²) in [6.45, 7) is 4.34. The molecule has 2 saturated heterocycles. The van der Waals surface area contributed by atoms with Gasteiger partial charge in [0.25, 0.3) is 0 Å². The molecule has 0 saturated carbocycles. The normalized spacial score (nSPS) is 24.0. The summed E-state index contributed by atoms with van der Waals surface area (Å²) in [6, 6.07) is 9.99. The largest absolute Gasteiger partial charge is 0.492 e. The molecule has 6 heteroatoms. The molecular formula is C17H25N3O3. The first-order chi connectivity index (χ1) is 11.3. The van der Waals surface area contributed by atoms with Crippen molar-refractivity contribution in [2.45, 2.75) is 25.0 Å². The molecule has 6 nitrogen and oxygen atoms in total. The van der Waals surface area contributed by atoms with Gasteiger partial charge in [-0.25, -0.2) is 4.79 Å². The summed E-state index contributed by atoms with van der Waals surface area (Å²) in [5.74, 6) is 0.811. The van der Waals surface area contributed by atoms with Gasteiger partial charge in [0.05, 0.1) is 19.3 Å². The van der Waals surface area contributed by atoms with Crippen molar-refractivity contribution in [2.24, 2.45) is 0 Å². The molecule has 2 aliphatic rings. The van der Waals surface area contributed by atoms with Crippen LogP contribution in [0.5, 0.6) is 5.75 Å². The first kappa shape index (κ1) is 16.1. The van der Waals surface area contributed by atoms with Gasteiger partial charge in [-0.2, -0.15) is 0 Å². The number of carbonyl (C=O) groups is 1. The molecule has 0 spiro atoms. The van der Waals surface area contributed by atoms with Crippen molar-refractivity contribution in [1.29, 1.82) is 0 Å². The highest BCUT2D eigenvalue weighted by Gasteiger charge is 2.32. The molecule has 0 aliphatic carbocycles. The van der Waals surface area contributed by atoms with E-state index in [0.717, 1.165) is 25.4 Å². The van der Waals surface area contributed by atoms with Crippen LogP contribution in [0.3, 0.4) is 0 Å². The summed E-state index contributed by atoms with van der Waals surface area (Å²) in [7, 11) is 0. The number of carbonyl (C=O) groups excluding carboxylic acids is 1. The van der Waals surface area contributed by atoms with Crippen molar-refractivity contribution >= 4 is 6.03 Å². The van der Waals surface area contributed by atoms with Gasteiger partial charge in [-0.3, -0.25) is 4.90 Å². The van der Waals surface area contributed by atoms with Crippen molar-refractivity contribution in [3.05, 3.63) is 30.3 Å². The van der Waals surface area contributed by atoms with Crippen molar-refractivity contribution in [3.8, 4) is 5.75 Å². The van der Waals surface area contributed by atoms with E-state index in [4.69, 9.17) is 9.47 Å². The number of nitrogens with one attached hydrogen (secondary N) is 2. The molecule has 0 unspecified atom stereocenters. The van der Waals surface area contributed by atoms with Gasteiger partial charge in [-0.15, -0.1) is 0 Å².